The van der Waals surface area contributed by atoms with Gasteiger partial charge in [-0.25, -0.2) is 17.2 Å². The number of amides is 1. The lowest BCUT2D eigenvalue weighted by atomic mass is 10.1. The highest BCUT2D eigenvalue weighted by Gasteiger charge is 2.21. The second-order valence-electron chi connectivity index (χ2n) is 5.36. The van der Waals surface area contributed by atoms with Gasteiger partial charge in [-0.1, -0.05) is 12.1 Å². The topological polar surface area (TPSA) is 87.0 Å². The average Bonchev–Trinajstić information content (AvgIpc) is 2.89. The Bertz CT molecular complexity index is 1110. The van der Waals surface area contributed by atoms with E-state index in [9.17, 15) is 22.0 Å². The quantitative estimate of drug-likeness (QED) is 0.662. The van der Waals surface area contributed by atoms with Gasteiger partial charge in [-0.05, 0) is 42.0 Å². The van der Waals surface area contributed by atoms with Crippen LogP contribution in [0.4, 0.5) is 14.5 Å². The number of nitrogens with zero attached hydrogens (tertiary/aromatic N) is 1. The number of rotatable bonds is 3. The Balaban J connectivity index is 1.90. The summed E-state index contributed by atoms with van der Waals surface area (Å²) in [7, 11) is -3.56. The number of nitrogens with one attached hydrogen (secondary N) is 1. The minimum absolute atomic E-state index is 0.0259. The first-order chi connectivity index (χ1) is 12.3. The summed E-state index contributed by atoms with van der Waals surface area (Å²) in [5.74, 6) is -2.75. The predicted molar refractivity (Wildman–Crippen MR) is 91.2 cm³/mol. The van der Waals surface area contributed by atoms with Crippen molar-refractivity contribution >= 4 is 33.6 Å². The van der Waals surface area contributed by atoms with E-state index in [0.717, 1.165) is 29.7 Å². The molecular formula is C18H10F2N2O3S. The maximum atomic E-state index is 13.7. The molecular weight excluding hydrogens is 362 g/mol. The van der Waals surface area contributed by atoms with Crippen molar-refractivity contribution < 1.29 is 22.0 Å². The zero-order valence-corrected chi connectivity index (χ0v) is 13.8. The van der Waals surface area contributed by atoms with Gasteiger partial charge in [-0.15, -0.1) is 0 Å². The van der Waals surface area contributed by atoms with Crippen molar-refractivity contribution in [3.63, 3.8) is 0 Å². The van der Waals surface area contributed by atoms with Crippen molar-refractivity contribution in [2.24, 2.45) is 0 Å². The van der Waals surface area contributed by atoms with E-state index in [1.54, 1.807) is 6.07 Å². The molecule has 1 aliphatic rings. The minimum atomic E-state index is -3.56. The molecule has 26 heavy (non-hydrogen) atoms. The molecule has 0 unspecified atom stereocenters. The predicted octanol–water partition coefficient (Wildman–Crippen LogP) is 3.27. The molecule has 1 amide bonds. The lowest BCUT2D eigenvalue weighted by molar-refractivity contribution is -0.112. The van der Waals surface area contributed by atoms with Crippen LogP contribution in [0.15, 0.2) is 52.3 Å². The van der Waals surface area contributed by atoms with Gasteiger partial charge >= 0.3 is 0 Å². The maximum Gasteiger partial charge on any atom is 0.266 e. The molecule has 1 heterocycles. The van der Waals surface area contributed by atoms with Gasteiger partial charge in [0.15, 0.2) is 0 Å². The molecule has 0 atom stereocenters. The van der Waals surface area contributed by atoms with Crippen LogP contribution in [0, 0.1) is 23.0 Å². The zero-order valence-electron chi connectivity index (χ0n) is 13.0. The summed E-state index contributed by atoms with van der Waals surface area (Å²) in [5.41, 5.74) is -0.431. The average molecular weight is 372 g/mol. The van der Waals surface area contributed by atoms with E-state index >= 15 is 0 Å². The Morgan fingerprint density at radius 3 is 2.50 bits per heavy atom. The molecule has 130 valence electrons. The largest absolute Gasteiger partial charge is 0.321 e. The van der Waals surface area contributed by atoms with Crippen LogP contribution in [0.1, 0.15) is 11.1 Å². The van der Waals surface area contributed by atoms with Gasteiger partial charge < -0.3 is 5.32 Å². The lowest BCUT2D eigenvalue weighted by Gasteiger charge is -2.07. The van der Waals surface area contributed by atoms with Crippen LogP contribution >= 0.6 is 0 Å². The van der Waals surface area contributed by atoms with E-state index in [0.29, 0.717) is 5.56 Å². The van der Waals surface area contributed by atoms with Crippen LogP contribution in [0.3, 0.4) is 0 Å². The summed E-state index contributed by atoms with van der Waals surface area (Å²) < 4.78 is 51.0. The zero-order chi connectivity index (χ0) is 18.9. The summed E-state index contributed by atoms with van der Waals surface area (Å²) in [6, 6.07) is 8.95. The number of halogens is 2. The van der Waals surface area contributed by atoms with Crippen molar-refractivity contribution in [3.05, 3.63) is 70.1 Å². The van der Waals surface area contributed by atoms with Crippen LogP contribution in [0.2, 0.25) is 0 Å². The van der Waals surface area contributed by atoms with Gasteiger partial charge in [0.25, 0.3) is 5.91 Å². The van der Waals surface area contributed by atoms with E-state index in [-0.39, 0.29) is 10.6 Å². The lowest BCUT2D eigenvalue weighted by Crippen LogP contribution is -2.14. The van der Waals surface area contributed by atoms with Crippen molar-refractivity contribution in [1.82, 2.24) is 0 Å². The molecule has 0 bridgehead atoms. The maximum absolute atomic E-state index is 13.7. The van der Waals surface area contributed by atoms with Crippen molar-refractivity contribution in [1.29, 1.82) is 5.26 Å². The number of sulfone groups is 1. The summed E-state index contributed by atoms with van der Waals surface area (Å²) in [6.07, 6.45) is 2.23. The van der Waals surface area contributed by atoms with Crippen LogP contribution in [-0.4, -0.2) is 14.3 Å². The smallest absolute Gasteiger partial charge is 0.266 e. The highest BCUT2D eigenvalue weighted by Crippen LogP contribution is 2.29. The normalized spacial score (nSPS) is 14.6. The third kappa shape index (κ3) is 3.25. The van der Waals surface area contributed by atoms with E-state index in [2.05, 4.69) is 5.32 Å². The van der Waals surface area contributed by atoms with E-state index < -0.39 is 38.5 Å². The van der Waals surface area contributed by atoms with Crippen molar-refractivity contribution in [3.8, 4) is 6.07 Å². The molecule has 0 aliphatic carbocycles. The first-order valence-corrected chi connectivity index (χ1v) is 8.81. The monoisotopic (exact) mass is 372 g/mol. The molecule has 0 spiro atoms. The standard InChI is InChI=1S/C18H10F2N2O3S/c19-15-2-1-3-16(20)14(15)8-12(10-21)18(23)22-13-5-4-11-6-7-26(24,25)17(11)9-13/h1-9H,(H,22,23)/b12-8-. The first-order valence-electron chi connectivity index (χ1n) is 7.26. The summed E-state index contributed by atoms with van der Waals surface area (Å²) in [5, 5.41) is 12.5. The van der Waals surface area contributed by atoms with Gasteiger partial charge in [0.2, 0.25) is 9.84 Å². The first kappa shape index (κ1) is 17.5. The Morgan fingerprint density at radius 2 is 1.85 bits per heavy atom. The summed E-state index contributed by atoms with van der Waals surface area (Å²) in [6.45, 7) is 0. The number of nitriles is 1. The highest BCUT2D eigenvalue weighted by atomic mass is 32.2. The molecule has 5 nitrogen and oxygen atoms in total. The van der Waals surface area contributed by atoms with Gasteiger partial charge in [-0.3, -0.25) is 4.79 Å². The molecule has 0 saturated carbocycles. The minimum Gasteiger partial charge on any atom is -0.321 e. The molecule has 8 heteroatoms. The number of benzene rings is 2. The molecule has 1 N–H and O–H groups in total. The van der Waals surface area contributed by atoms with Gasteiger partial charge in [0.1, 0.15) is 23.3 Å². The molecule has 3 rings (SSSR count). The fourth-order valence-electron chi connectivity index (χ4n) is 2.37. The number of fused-ring (bicyclic) bond motifs is 1. The molecule has 2 aromatic carbocycles. The molecule has 0 saturated heterocycles. The van der Waals surface area contributed by atoms with Crippen LogP contribution < -0.4 is 5.32 Å². The molecule has 0 fully saturated rings. The fraction of sp³-hybridized carbons (Fsp3) is 0. The number of anilines is 1. The molecule has 0 aromatic heterocycles. The SMILES string of the molecule is N#C/C(=C/c1c(F)cccc1F)C(=O)Nc1ccc2c(c1)S(=O)(=O)C=C2. The Morgan fingerprint density at radius 1 is 1.15 bits per heavy atom. The summed E-state index contributed by atoms with van der Waals surface area (Å²) in [4.78, 5) is 12.2. The molecule has 1 aliphatic heterocycles. The van der Waals surface area contributed by atoms with E-state index in [4.69, 9.17) is 5.26 Å². The number of carbonyl (C=O) groups is 1. The Hall–Kier alpha value is -3.31. The van der Waals surface area contributed by atoms with Crippen LogP contribution in [-0.2, 0) is 14.6 Å². The molecule has 0 radical (unpaired) electrons. The third-order valence-corrected chi connectivity index (χ3v) is 5.12. The highest BCUT2D eigenvalue weighted by molar-refractivity contribution is 7.94. The second kappa shape index (κ2) is 6.54. The summed E-state index contributed by atoms with van der Waals surface area (Å²) >= 11 is 0. The van der Waals surface area contributed by atoms with Crippen molar-refractivity contribution in [2.45, 2.75) is 4.90 Å². The third-order valence-electron chi connectivity index (χ3n) is 3.66. The number of hydrogen-bond acceptors (Lipinski definition) is 4. The number of carbonyl (C=O) groups excluding carboxylic acids is 1. The van der Waals surface area contributed by atoms with Crippen molar-refractivity contribution in [2.75, 3.05) is 5.32 Å². The Labute approximate surface area is 147 Å². The van der Waals surface area contributed by atoms with E-state index in [1.165, 1.54) is 24.3 Å². The van der Waals surface area contributed by atoms with Crippen LogP contribution in [0.5, 0.6) is 0 Å². The van der Waals surface area contributed by atoms with Gasteiger partial charge in [0.05, 0.1) is 4.90 Å². The second-order valence-corrected chi connectivity index (χ2v) is 7.16. The van der Waals surface area contributed by atoms with E-state index in [1.807, 2.05) is 0 Å². The van der Waals surface area contributed by atoms with Gasteiger partial charge in [-0.2, -0.15) is 5.26 Å². The number of hydrogen-bond donors (Lipinski definition) is 1. The van der Waals surface area contributed by atoms with Crippen LogP contribution in [0.25, 0.3) is 12.2 Å². The fourth-order valence-corrected chi connectivity index (χ4v) is 3.60. The Kier molecular flexibility index (Phi) is 4.40. The van der Waals surface area contributed by atoms with Gasteiger partial charge in [0, 0.05) is 16.7 Å². The molecule has 2 aromatic rings.